The largest absolute Gasteiger partial charge is 0.338 e. The van der Waals surface area contributed by atoms with E-state index in [2.05, 4.69) is 16.6 Å². The minimum atomic E-state index is 0.328. The molecular weight excluding hydrogens is 198 g/mol. The monoisotopic (exact) mass is 219 g/mol. The van der Waals surface area contributed by atoms with Gasteiger partial charge in [0.05, 0.1) is 0 Å². The Morgan fingerprint density at radius 2 is 2.12 bits per heavy atom. The molecule has 0 radical (unpaired) electrons. The molecule has 1 heterocycles. The van der Waals surface area contributed by atoms with Gasteiger partial charge in [0.1, 0.15) is 5.82 Å². The predicted octanol–water partition coefficient (Wildman–Crippen LogP) is 1.73. The molecule has 3 heteroatoms. The highest BCUT2D eigenvalue weighted by Crippen LogP contribution is 2.56. The van der Waals surface area contributed by atoms with Crippen LogP contribution in [-0.4, -0.2) is 15.6 Å². The van der Waals surface area contributed by atoms with Crippen LogP contribution in [0, 0.1) is 17.8 Å². The summed E-state index contributed by atoms with van der Waals surface area (Å²) in [6.07, 6.45) is 10.5. The minimum absolute atomic E-state index is 0.328. The number of aryl methyl sites for hydroxylation is 1. The second-order valence-corrected chi connectivity index (χ2v) is 5.51. The van der Waals surface area contributed by atoms with Crippen LogP contribution in [0.4, 0.5) is 0 Å². The van der Waals surface area contributed by atoms with Crippen molar-refractivity contribution in [3.8, 4) is 0 Å². The molecule has 0 amide bonds. The lowest BCUT2D eigenvalue weighted by molar-refractivity contribution is 0.480. The van der Waals surface area contributed by atoms with Crippen molar-refractivity contribution in [2.75, 3.05) is 0 Å². The molecule has 0 aliphatic heterocycles. The maximum Gasteiger partial charge on any atom is 0.109 e. The third-order valence-corrected chi connectivity index (χ3v) is 4.56. The van der Waals surface area contributed by atoms with E-state index in [-0.39, 0.29) is 0 Å². The van der Waals surface area contributed by atoms with Crippen molar-refractivity contribution < 1.29 is 0 Å². The second kappa shape index (κ2) is 3.88. The number of aromatic nitrogens is 2. The fraction of sp³-hybridized carbons (Fsp3) is 0.769. The van der Waals surface area contributed by atoms with E-state index in [4.69, 9.17) is 5.73 Å². The quantitative estimate of drug-likeness (QED) is 0.841. The Morgan fingerprint density at radius 1 is 1.44 bits per heavy atom. The summed E-state index contributed by atoms with van der Waals surface area (Å²) >= 11 is 0. The van der Waals surface area contributed by atoms with E-state index < -0.39 is 0 Å². The minimum Gasteiger partial charge on any atom is -0.338 e. The van der Waals surface area contributed by atoms with Crippen molar-refractivity contribution in [2.24, 2.45) is 30.5 Å². The van der Waals surface area contributed by atoms with Gasteiger partial charge in [-0.25, -0.2) is 4.98 Å². The van der Waals surface area contributed by atoms with E-state index in [1.165, 1.54) is 25.7 Å². The van der Waals surface area contributed by atoms with E-state index in [0.717, 1.165) is 30.0 Å². The van der Waals surface area contributed by atoms with Crippen LogP contribution in [0.25, 0.3) is 0 Å². The third-order valence-electron chi connectivity index (χ3n) is 4.56. The van der Waals surface area contributed by atoms with Gasteiger partial charge in [-0.15, -0.1) is 0 Å². The lowest BCUT2D eigenvalue weighted by Gasteiger charge is -2.11. The van der Waals surface area contributed by atoms with Gasteiger partial charge in [-0.2, -0.15) is 0 Å². The maximum atomic E-state index is 6.35. The van der Waals surface area contributed by atoms with Gasteiger partial charge in [-0.05, 0) is 30.6 Å². The molecule has 0 saturated heterocycles. The lowest BCUT2D eigenvalue weighted by Crippen LogP contribution is -2.28. The molecule has 2 N–H and O–H groups in total. The smallest absolute Gasteiger partial charge is 0.109 e. The van der Waals surface area contributed by atoms with Crippen molar-refractivity contribution in [1.82, 2.24) is 9.55 Å². The van der Waals surface area contributed by atoms with Crippen molar-refractivity contribution in [2.45, 2.75) is 38.1 Å². The Hall–Kier alpha value is -0.830. The first-order valence-electron chi connectivity index (χ1n) is 6.49. The van der Waals surface area contributed by atoms with E-state index in [1.54, 1.807) is 0 Å². The van der Waals surface area contributed by atoms with Gasteiger partial charge in [0, 0.05) is 31.9 Å². The molecule has 3 atom stereocenters. The Morgan fingerprint density at radius 3 is 2.69 bits per heavy atom. The average Bonchev–Trinajstić information content (AvgIpc) is 2.90. The third kappa shape index (κ3) is 1.67. The molecule has 2 fully saturated rings. The molecule has 1 aromatic rings. The van der Waals surface area contributed by atoms with Crippen molar-refractivity contribution in [3.63, 3.8) is 0 Å². The predicted molar refractivity (Wildman–Crippen MR) is 63.8 cm³/mol. The number of hydrogen-bond acceptors (Lipinski definition) is 2. The summed E-state index contributed by atoms with van der Waals surface area (Å²) < 4.78 is 2.09. The van der Waals surface area contributed by atoms with Crippen LogP contribution in [0.15, 0.2) is 12.4 Å². The Kier molecular flexibility index (Phi) is 2.51. The molecule has 2 saturated carbocycles. The number of nitrogens with two attached hydrogens (primary N) is 1. The molecule has 0 spiro atoms. The highest BCUT2D eigenvalue weighted by Gasteiger charge is 2.53. The summed E-state index contributed by atoms with van der Waals surface area (Å²) in [6, 6.07) is 0.328. The summed E-state index contributed by atoms with van der Waals surface area (Å²) in [5, 5.41) is 0. The van der Waals surface area contributed by atoms with Crippen LogP contribution in [0.1, 0.15) is 31.5 Å². The molecule has 1 aromatic heterocycles. The Balaban J connectivity index is 1.62. The van der Waals surface area contributed by atoms with Gasteiger partial charge in [-0.1, -0.05) is 12.8 Å². The molecule has 2 aliphatic rings. The fourth-order valence-electron chi connectivity index (χ4n) is 3.62. The number of imidazole rings is 1. The van der Waals surface area contributed by atoms with Crippen LogP contribution in [0.3, 0.4) is 0 Å². The zero-order chi connectivity index (χ0) is 11.1. The first kappa shape index (κ1) is 10.3. The first-order chi connectivity index (χ1) is 7.77. The summed E-state index contributed by atoms with van der Waals surface area (Å²) in [7, 11) is 2.05. The van der Waals surface area contributed by atoms with E-state index >= 15 is 0 Å². The summed E-state index contributed by atoms with van der Waals surface area (Å²) in [5.74, 6) is 3.82. The van der Waals surface area contributed by atoms with Crippen molar-refractivity contribution >= 4 is 0 Å². The van der Waals surface area contributed by atoms with Gasteiger partial charge in [0.2, 0.25) is 0 Å². The number of rotatable bonds is 3. The van der Waals surface area contributed by atoms with Crippen LogP contribution in [0.5, 0.6) is 0 Å². The molecule has 0 bridgehead atoms. The summed E-state index contributed by atoms with van der Waals surface area (Å²) in [4.78, 5) is 4.37. The average molecular weight is 219 g/mol. The standard InChI is InChI=1S/C13H21N3/c1-16-7-6-15-12(16)8-11(14)13-9-4-2-3-5-10(9)13/h6-7,9-11,13H,2-5,8,14H2,1H3. The Labute approximate surface area is 97.0 Å². The molecular formula is C13H21N3. The molecule has 2 aliphatic carbocycles. The molecule has 3 nitrogen and oxygen atoms in total. The molecule has 88 valence electrons. The highest BCUT2D eigenvalue weighted by molar-refractivity contribution is 5.06. The SMILES string of the molecule is Cn1ccnc1CC(N)C1C2CCCCC21. The molecule has 16 heavy (non-hydrogen) atoms. The zero-order valence-corrected chi connectivity index (χ0v) is 9.97. The van der Waals surface area contributed by atoms with Gasteiger partial charge >= 0.3 is 0 Å². The van der Waals surface area contributed by atoms with Crippen molar-refractivity contribution in [3.05, 3.63) is 18.2 Å². The fourth-order valence-corrected chi connectivity index (χ4v) is 3.62. The van der Waals surface area contributed by atoms with Crippen molar-refractivity contribution in [1.29, 1.82) is 0 Å². The van der Waals surface area contributed by atoms with E-state index in [9.17, 15) is 0 Å². The molecule has 3 rings (SSSR count). The van der Waals surface area contributed by atoms with Crippen LogP contribution >= 0.6 is 0 Å². The number of nitrogens with zero attached hydrogens (tertiary/aromatic N) is 2. The number of hydrogen-bond donors (Lipinski definition) is 1. The molecule has 3 unspecified atom stereocenters. The summed E-state index contributed by atoms with van der Waals surface area (Å²) in [5.41, 5.74) is 6.35. The number of fused-ring (bicyclic) bond motifs is 1. The Bertz CT molecular complexity index is 359. The van der Waals surface area contributed by atoms with Gasteiger partial charge < -0.3 is 10.3 Å². The van der Waals surface area contributed by atoms with Crippen LogP contribution in [-0.2, 0) is 13.5 Å². The van der Waals surface area contributed by atoms with E-state index in [1.807, 2.05) is 12.4 Å². The van der Waals surface area contributed by atoms with Crippen LogP contribution in [0.2, 0.25) is 0 Å². The first-order valence-corrected chi connectivity index (χ1v) is 6.49. The van der Waals surface area contributed by atoms with Crippen LogP contribution < -0.4 is 5.73 Å². The lowest BCUT2D eigenvalue weighted by atomic mass is 10.0. The normalized spacial score (nSPS) is 34.5. The second-order valence-electron chi connectivity index (χ2n) is 5.51. The van der Waals surface area contributed by atoms with Gasteiger partial charge in [0.25, 0.3) is 0 Å². The highest BCUT2D eigenvalue weighted by atomic mass is 15.0. The maximum absolute atomic E-state index is 6.35. The van der Waals surface area contributed by atoms with Gasteiger partial charge in [0.15, 0.2) is 0 Å². The molecule has 0 aromatic carbocycles. The topological polar surface area (TPSA) is 43.8 Å². The zero-order valence-electron chi connectivity index (χ0n) is 9.97. The summed E-state index contributed by atoms with van der Waals surface area (Å²) in [6.45, 7) is 0. The van der Waals surface area contributed by atoms with Gasteiger partial charge in [-0.3, -0.25) is 0 Å². The van der Waals surface area contributed by atoms with E-state index in [0.29, 0.717) is 6.04 Å².